The van der Waals surface area contributed by atoms with Crippen molar-refractivity contribution in [1.29, 1.82) is 0 Å². The Kier molecular flexibility index (Phi) is 5.31. The number of aryl methyl sites for hydroxylation is 1. The molecule has 0 saturated heterocycles. The van der Waals surface area contributed by atoms with E-state index in [1.807, 2.05) is 61.5 Å². The molecule has 0 unspecified atom stereocenters. The molecule has 2 aromatic carbocycles. The topological polar surface area (TPSA) is 49.4 Å². The summed E-state index contributed by atoms with van der Waals surface area (Å²) in [7, 11) is 0. The van der Waals surface area contributed by atoms with Gasteiger partial charge in [-0.05, 0) is 24.6 Å². The third-order valence-electron chi connectivity index (χ3n) is 3.32. The van der Waals surface area contributed by atoms with Crippen LogP contribution in [0.1, 0.15) is 18.1 Å². The Bertz CT molecular complexity index is 653. The number of carbonyl (C=O) groups is 2. The van der Waals surface area contributed by atoms with Gasteiger partial charge in [0.2, 0.25) is 11.8 Å². The van der Waals surface area contributed by atoms with Crippen molar-refractivity contribution < 1.29 is 9.59 Å². The number of hydrogen-bond donors (Lipinski definition) is 1. The monoisotopic (exact) mass is 296 g/mol. The van der Waals surface area contributed by atoms with Crippen LogP contribution in [0.25, 0.3) is 0 Å². The summed E-state index contributed by atoms with van der Waals surface area (Å²) in [5.74, 6) is -0.336. The highest BCUT2D eigenvalue weighted by atomic mass is 16.2. The Balaban J connectivity index is 1.96. The molecule has 0 aliphatic carbocycles. The number of anilines is 1. The average Bonchev–Trinajstić information content (AvgIpc) is 2.51. The number of benzene rings is 2. The predicted molar refractivity (Wildman–Crippen MR) is 87.5 cm³/mol. The normalized spacial score (nSPS) is 10.1. The highest BCUT2D eigenvalue weighted by molar-refractivity contribution is 5.97. The maximum Gasteiger partial charge on any atom is 0.240 e. The quantitative estimate of drug-likeness (QED) is 0.922. The van der Waals surface area contributed by atoms with E-state index in [0.717, 1.165) is 16.8 Å². The second kappa shape index (κ2) is 7.41. The van der Waals surface area contributed by atoms with Crippen LogP contribution < -0.4 is 10.2 Å². The van der Waals surface area contributed by atoms with Crippen molar-refractivity contribution in [3.63, 3.8) is 0 Å². The number of rotatable bonds is 5. The third-order valence-corrected chi connectivity index (χ3v) is 3.32. The van der Waals surface area contributed by atoms with Gasteiger partial charge >= 0.3 is 0 Å². The first kappa shape index (κ1) is 15.8. The van der Waals surface area contributed by atoms with Gasteiger partial charge in [0.1, 0.15) is 6.54 Å². The van der Waals surface area contributed by atoms with E-state index in [2.05, 4.69) is 5.32 Å². The number of nitrogens with zero attached hydrogens (tertiary/aromatic N) is 1. The predicted octanol–water partition coefficient (Wildman–Crippen LogP) is 2.66. The number of amides is 2. The number of para-hydroxylation sites is 1. The van der Waals surface area contributed by atoms with Gasteiger partial charge in [-0.1, -0.05) is 48.0 Å². The van der Waals surface area contributed by atoms with Crippen molar-refractivity contribution >= 4 is 17.5 Å². The van der Waals surface area contributed by atoms with Crippen LogP contribution in [-0.2, 0) is 16.1 Å². The van der Waals surface area contributed by atoms with E-state index in [1.54, 1.807) is 0 Å². The Hall–Kier alpha value is -2.62. The van der Waals surface area contributed by atoms with Crippen molar-refractivity contribution in [3.05, 3.63) is 65.7 Å². The largest absolute Gasteiger partial charge is 0.350 e. The van der Waals surface area contributed by atoms with Gasteiger partial charge in [-0.25, -0.2) is 0 Å². The number of carbonyl (C=O) groups excluding carboxylic acids is 2. The first-order chi connectivity index (χ1) is 10.6. The Morgan fingerprint density at radius 3 is 2.41 bits per heavy atom. The average molecular weight is 296 g/mol. The van der Waals surface area contributed by atoms with E-state index in [4.69, 9.17) is 0 Å². The van der Waals surface area contributed by atoms with Crippen LogP contribution in [0.3, 0.4) is 0 Å². The summed E-state index contributed by atoms with van der Waals surface area (Å²) < 4.78 is 0. The maximum atomic E-state index is 12.1. The molecule has 2 rings (SSSR count). The summed E-state index contributed by atoms with van der Waals surface area (Å²) in [6.45, 7) is 3.95. The second-order valence-corrected chi connectivity index (χ2v) is 5.21. The van der Waals surface area contributed by atoms with E-state index in [0.29, 0.717) is 6.54 Å². The summed E-state index contributed by atoms with van der Waals surface area (Å²) in [5.41, 5.74) is 2.92. The Morgan fingerprint density at radius 1 is 1.05 bits per heavy atom. The number of hydrogen-bond acceptors (Lipinski definition) is 2. The highest BCUT2D eigenvalue weighted by Gasteiger charge is 2.15. The highest BCUT2D eigenvalue weighted by Crippen LogP contribution is 2.13. The fourth-order valence-corrected chi connectivity index (χ4v) is 2.21. The summed E-state index contributed by atoms with van der Waals surface area (Å²) in [6, 6.07) is 17.2. The van der Waals surface area contributed by atoms with E-state index < -0.39 is 0 Å². The first-order valence-corrected chi connectivity index (χ1v) is 7.21. The lowest BCUT2D eigenvalue weighted by Gasteiger charge is -2.20. The summed E-state index contributed by atoms with van der Waals surface area (Å²) in [4.78, 5) is 25.3. The molecule has 22 heavy (non-hydrogen) atoms. The van der Waals surface area contributed by atoms with Gasteiger partial charge < -0.3 is 10.2 Å². The van der Waals surface area contributed by atoms with Crippen molar-refractivity contribution in [3.8, 4) is 0 Å². The molecule has 0 saturated carbocycles. The summed E-state index contributed by atoms with van der Waals surface area (Å²) in [5, 5.41) is 2.85. The first-order valence-electron chi connectivity index (χ1n) is 7.21. The molecule has 2 amide bonds. The SMILES string of the molecule is CC(=O)N(CC(=O)NCc1cccc(C)c1)c1ccccc1. The van der Waals surface area contributed by atoms with Gasteiger partial charge in [0, 0.05) is 19.2 Å². The second-order valence-electron chi connectivity index (χ2n) is 5.21. The molecule has 0 aromatic heterocycles. The van der Waals surface area contributed by atoms with Crippen LogP contribution in [0.15, 0.2) is 54.6 Å². The van der Waals surface area contributed by atoms with Crippen molar-refractivity contribution in [2.75, 3.05) is 11.4 Å². The molecule has 0 bridgehead atoms. The third kappa shape index (κ3) is 4.45. The molecular weight excluding hydrogens is 276 g/mol. The van der Waals surface area contributed by atoms with Crippen molar-refractivity contribution in [2.24, 2.45) is 0 Å². The molecular formula is C18H20N2O2. The van der Waals surface area contributed by atoms with Gasteiger partial charge in [0.05, 0.1) is 0 Å². The van der Waals surface area contributed by atoms with Gasteiger partial charge in [0.25, 0.3) is 0 Å². The molecule has 0 aliphatic rings. The van der Waals surface area contributed by atoms with Gasteiger partial charge in [0.15, 0.2) is 0 Å². The lowest BCUT2D eigenvalue weighted by atomic mass is 10.1. The fraction of sp³-hybridized carbons (Fsp3) is 0.222. The molecule has 0 heterocycles. The lowest BCUT2D eigenvalue weighted by Crippen LogP contribution is -2.39. The zero-order valence-electron chi connectivity index (χ0n) is 12.9. The van der Waals surface area contributed by atoms with E-state index in [1.165, 1.54) is 11.8 Å². The minimum atomic E-state index is -0.180. The van der Waals surface area contributed by atoms with Crippen molar-refractivity contribution in [1.82, 2.24) is 5.32 Å². The molecule has 0 aliphatic heterocycles. The molecule has 1 N–H and O–H groups in total. The fourth-order valence-electron chi connectivity index (χ4n) is 2.21. The van der Waals surface area contributed by atoms with Crippen LogP contribution in [0, 0.1) is 6.92 Å². The molecule has 0 spiro atoms. The van der Waals surface area contributed by atoms with E-state index >= 15 is 0 Å². The Labute approximate surface area is 130 Å². The molecule has 0 fully saturated rings. The molecule has 2 aromatic rings. The van der Waals surface area contributed by atoms with Crippen LogP contribution in [0.5, 0.6) is 0 Å². The van der Waals surface area contributed by atoms with Gasteiger partial charge in [-0.2, -0.15) is 0 Å². The minimum absolute atomic E-state index is 0.0190. The molecule has 114 valence electrons. The molecule has 4 heteroatoms. The molecule has 0 atom stereocenters. The smallest absolute Gasteiger partial charge is 0.240 e. The van der Waals surface area contributed by atoms with Crippen LogP contribution in [0.4, 0.5) is 5.69 Å². The number of nitrogens with one attached hydrogen (secondary N) is 1. The van der Waals surface area contributed by atoms with Crippen LogP contribution in [0.2, 0.25) is 0 Å². The lowest BCUT2D eigenvalue weighted by molar-refractivity contribution is -0.123. The van der Waals surface area contributed by atoms with E-state index in [9.17, 15) is 9.59 Å². The minimum Gasteiger partial charge on any atom is -0.350 e. The molecule has 4 nitrogen and oxygen atoms in total. The zero-order valence-corrected chi connectivity index (χ0v) is 12.9. The maximum absolute atomic E-state index is 12.1. The van der Waals surface area contributed by atoms with Crippen LogP contribution >= 0.6 is 0 Å². The van der Waals surface area contributed by atoms with Crippen molar-refractivity contribution in [2.45, 2.75) is 20.4 Å². The standard InChI is InChI=1S/C18H20N2O2/c1-14-7-6-8-16(11-14)12-19-18(22)13-20(15(2)21)17-9-4-3-5-10-17/h3-11H,12-13H2,1-2H3,(H,19,22). The van der Waals surface area contributed by atoms with E-state index in [-0.39, 0.29) is 18.4 Å². The zero-order chi connectivity index (χ0) is 15.9. The van der Waals surface area contributed by atoms with Gasteiger partial charge in [-0.3, -0.25) is 9.59 Å². The van der Waals surface area contributed by atoms with Crippen LogP contribution in [-0.4, -0.2) is 18.4 Å². The van der Waals surface area contributed by atoms with Gasteiger partial charge in [-0.15, -0.1) is 0 Å². The summed E-state index contributed by atoms with van der Waals surface area (Å²) >= 11 is 0. The Morgan fingerprint density at radius 2 is 1.77 bits per heavy atom. The molecule has 0 radical (unpaired) electrons. The summed E-state index contributed by atoms with van der Waals surface area (Å²) in [6.07, 6.45) is 0.